The summed E-state index contributed by atoms with van der Waals surface area (Å²) >= 11 is 0. The van der Waals surface area contributed by atoms with Crippen LogP contribution in [0.25, 0.3) is 0 Å². The van der Waals surface area contributed by atoms with Gasteiger partial charge in [0.2, 0.25) is 0 Å². The summed E-state index contributed by atoms with van der Waals surface area (Å²) in [4.78, 5) is 16.0. The van der Waals surface area contributed by atoms with E-state index in [1.807, 2.05) is 0 Å². The molecule has 0 aliphatic heterocycles. The molecular weight excluding hydrogens is 280 g/mol. The van der Waals surface area contributed by atoms with Crippen LogP contribution in [0, 0.1) is 6.92 Å². The molecule has 3 N–H and O–H groups in total. The summed E-state index contributed by atoms with van der Waals surface area (Å²) in [5.74, 6) is -0.239. The third-order valence-corrected chi connectivity index (χ3v) is 2.71. The number of carbonyl (C=O) groups is 1. The largest absolute Gasteiger partial charge is 0.435 e. The Morgan fingerprint density at radius 2 is 2.14 bits per heavy atom. The summed E-state index contributed by atoms with van der Waals surface area (Å²) in [7, 11) is 0. The minimum atomic E-state index is -2.94. The number of rotatable bonds is 4. The fourth-order valence-electron chi connectivity index (χ4n) is 1.64. The molecule has 0 unspecified atom stereocenters. The SMILES string of the molecule is Cc1cc(NC(=O)c2cccc(OC(F)F)c2)ncc1N. The minimum Gasteiger partial charge on any atom is -0.435 e. The topological polar surface area (TPSA) is 77.2 Å². The lowest BCUT2D eigenvalue weighted by Crippen LogP contribution is -2.13. The predicted molar refractivity (Wildman–Crippen MR) is 74.4 cm³/mol. The number of nitrogens with zero attached hydrogens (tertiary/aromatic N) is 1. The van der Waals surface area contributed by atoms with Crippen LogP contribution in [0.4, 0.5) is 20.3 Å². The van der Waals surface area contributed by atoms with Gasteiger partial charge in [0.15, 0.2) is 0 Å². The number of aromatic nitrogens is 1. The van der Waals surface area contributed by atoms with Gasteiger partial charge in [-0.05, 0) is 36.8 Å². The second-order valence-electron chi connectivity index (χ2n) is 4.29. The molecule has 2 aromatic rings. The number of aryl methyl sites for hydroxylation is 1. The molecule has 5 nitrogen and oxygen atoms in total. The highest BCUT2D eigenvalue weighted by Gasteiger charge is 2.10. The zero-order valence-electron chi connectivity index (χ0n) is 11.1. The number of pyridine rings is 1. The van der Waals surface area contributed by atoms with E-state index in [2.05, 4.69) is 15.0 Å². The van der Waals surface area contributed by atoms with Gasteiger partial charge in [-0.2, -0.15) is 8.78 Å². The molecule has 1 amide bonds. The van der Waals surface area contributed by atoms with Gasteiger partial charge >= 0.3 is 6.61 Å². The van der Waals surface area contributed by atoms with E-state index in [1.165, 1.54) is 30.5 Å². The minimum absolute atomic E-state index is 0.0842. The van der Waals surface area contributed by atoms with Gasteiger partial charge in [0.1, 0.15) is 11.6 Å². The highest BCUT2D eigenvalue weighted by atomic mass is 19.3. The molecule has 0 saturated carbocycles. The number of nitrogens with two attached hydrogens (primary N) is 1. The van der Waals surface area contributed by atoms with Crippen molar-refractivity contribution in [1.82, 2.24) is 4.98 Å². The van der Waals surface area contributed by atoms with Crippen molar-refractivity contribution >= 4 is 17.4 Å². The molecule has 0 bridgehead atoms. The van der Waals surface area contributed by atoms with Crippen LogP contribution >= 0.6 is 0 Å². The van der Waals surface area contributed by atoms with Crippen LogP contribution in [0.2, 0.25) is 0 Å². The highest BCUT2D eigenvalue weighted by molar-refractivity contribution is 6.04. The van der Waals surface area contributed by atoms with Gasteiger partial charge < -0.3 is 15.8 Å². The molecule has 0 atom stereocenters. The molecule has 110 valence electrons. The third-order valence-electron chi connectivity index (χ3n) is 2.71. The number of amides is 1. The molecule has 0 saturated heterocycles. The molecule has 0 aliphatic rings. The maximum Gasteiger partial charge on any atom is 0.387 e. The number of benzene rings is 1. The van der Waals surface area contributed by atoms with E-state index in [1.54, 1.807) is 13.0 Å². The van der Waals surface area contributed by atoms with Crippen LogP contribution in [-0.4, -0.2) is 17.5 Å². The smallest absolute Gasteiger partial charge is 0.387 e. The molecule has 21 heavy (non-hydrogen) atoms. The summed E-state index contributed by atoms with van der Waals surface area (Å²) in [6.45, 7) is -1.16. The zero-order chi connectivity index (χ0) is 15.4. The molecule has 1 aromatic heterocycles. The van der Waals surface area contributed by atoms with Crippen LogP contribution in [0.3, 0.4) is 0 Å². The second-order valence-corrected chi connectivity index (χ2v) is 4.29. The Morgan fingerprint density at radius 3 is 2.81 bits per heavy atom. The third kappa shape index (κ3) is 3.88. The van der Waals surface area contributed by atoms with Gasteiger partial charge in [-0.15, -0.1) is 0 Å². The number of halogens is 2. The number of alkyl halides is 2. The summed E-state index contributed by atoms with van der Waals surface area (Å²) in [6, 6.07) is 7.12. The summed E-state index contributed by atoms with van der Waals surface area (Å²) in [5.41, 5.74) is 7.11. The maximum atomic E-state index is 12.1. The van der Waals surface area contributed by atoms with Crippen molar-refractivity contribution in [3.05, 3.63) is 47.7 Å². The lowest BCUT2D eigenvalue weighted by atomic mass is 10.2. The number of hydrogen-bond donors (Lipinski definition) is 2. The Bertz CT molecular complexity index is 662. The molecule has 1 heterocycles. The van der Waals surface area contributed by atoms with E-state index in [0.717, 1.165) is 5.56 Å². The van der Waals surface area contributed by atoms with Gasteiger partial charge in [-0.3, -0.25) is 4.79 Å². The first-order valence-electron chi connectivity index (χ1n) is 6.04. The first-order chi connectivity index (χ1) is 9.95. The fraction of sp³-hybridized carbons (Fsp3) is 0.143. The predicted octanol–water partition coefficient (Wildman–Crippen LogP) is 2.83. The molecule has 0 fully saturated rings. The van der Waals surface area contributed by atoms with Crippen LogP contribution in [0.5, 0.6) is 5.75 Å². The molecule has 0 aliphatic carbocycles. The van der Waals surface area contributed by atoms with Gasteiger partial charge in [-0.25, -0.2) is 4.98 Å². The summed E-state index contributed by atoms with van der Waals surface area (Å²) in [5, 5.41) is 2.56. The molecular formula is C14H13F2N3O2. The van der Waals surface area contributed by atoms with Gasteiger partial charge in [0.05, 0.1) is 11.9 Å². The lowest BCUT2D eigenvalue weighted by molar-refractivity contribution is -0.0498. The van der Waals surface area contributed by atoms with Crippen LogP contribution < -0.4 is 15.8 Å². The average Bonchev–Trinajstić information content (AvgIpc) is 2.42. The molecule has 0 radical (unpaired) electrons. The quantitative estimate of drug-likeness (QED) is 0.908. The maximum absolute atomic E-state index is 12.1. The van der Waals surface area contributed by atoms with E-state index >= 15 is 0 Å². The Hall–Kier alpha value is -2.70. The van der Waals surface area contributed by atoms with E-state index in [-0.39, 0.29) is 11.3 Å². The van der Waals surface area contributed by atoms with Crippen molar-refractivity contribution in [2.75, 3.05) is 11.1 Å². The fourth-order valence-corrected chi connectivity index (χ4v) is 1.64. The van der Waals surface area contributed by atoms with Crippen molar-refractivity contribution in [3.8, 4) is 5.75 Å². The number of nitrogen functional groups attached to an aromatic ring is 1. The molecule has 7 heteroatoms. The monoisotopic (exact) mass is 293 g/mol. The number of hydrogen-bond acceptors (Lipinski definition) is 4. The molecule has 2 rings (SSSR count). The van der Waals surface area contributed by atoms with E-state index in [4.69, 9.17) is 5.73 Å². The Labute approximate surface area is 119 Å². The van der Waals surface area contributed by atoms with Crippen molar-refractivity contribution < 1.29 is 18.3 Å². The van der Waals surface area contributed by atoms with Crippen molar-refractivity contribution in [3.63, 3.8) is 0 Å². The number of carbonyl (C=O) groups excluding carboxylic acids is 1. The van der Waals surface area contributed by atoms with Crippen molar-refractivity contribution in [1.29, 1.82) is 0 Å². The average molecular weight is 293 g/mol. The van der Waals surface area contributed by atoms with E-state index in [0.29, 0.717) is 11.5 Å². The molecule has 1 aromatic carbocycles. The van der Waals surface area contributed by atoms with Crippen LogP contribution in [0.15, 0.2) is 36.5 Å². The van der Waals surface area contributed by atoms with Crippen molar-refractivity contribution in [2.24, 2.45) is 0 Å². The van der Waals surface area contributed by atoms with E-state index in [9.17, 15) is 13.6 Å². The van der Waals surface area contributed by atoms with Crippen molar-refractivity contribution in [2.45, 2.75) is 13.5 Å². The first kappa shape index (κ1) is 14.7. The van der Waals surface area contributed by atoms with Gasteiger partial charge in [0.25, 0.3) is 5.91 Å². The standard InChI is InChI=1S/C14H13F2N3O2/c1-8-5-12(18-7-11(8)17)19-13(20)9-3-2-4-10(6-9)21-14(15)16/h2-7,14H,17H2,1H3,(H,18,19,20). The van der Waals surface area contributed by atoms with Gasteiger partial charge in [-0.1, -0.05) is 6.07 Å². The normalized spacial score (nSPS) is 10.5. The Morgan fingerprint density at radius 1 is 1.38 bits per heavy atom. The second kappa shape index (κ2) is 6.17. The molecule has 0 spiro atoms. The van der Waals surface area contributed by atoms with Gasteiger partial charge in [0, 0.05) is 5.56 Å². The highest BCUT2D eigenvalue weighted by Crippen LogP contribution is 2.18. The summed E-state index contributed by atoms with van der Waals surface area (Å²) < 4.78 is 28.5. The van der Waals surface area contributed by atoms with E-state index < -0.39 is 12.5 Å². The lowest BCUT2D eigenvalue weighted by Gasteiger charge is -2.08. The number of anilines is 2. The Balaban J connectivity index is 2.14. The summed E-state index contributed by atoms with van der Waals surface area (Å²) in [6.07, 6.45) is 1.43. The van der Waals surface area contributed by atoms with Crippen LogP contribution in [-0.2, 0) is 0 Å². The van der Waals surface area contributed by atoms with Crippen LogP contribution in [0.1, 0.15) is 15.9 Å². The zero-order valence-corrected chi connectivity index (χ0v) is 11.1. The number of ether oxygens (including phenoxy) is 1. The Kier molecular flexibility index (Phi) is 4.32. The number of nitrogens with one attached hydrogen (secondary N) is 1. The first-order valence-corrected chi connectivity index (χ1v) is 6.04.